The van der Waals surface area contributed by atoms with E-state index in [2.05, 4.69) is 5.32 Å². The molecule has 2 N–H and O–H groups in total. The lowest BCUT2D eigenvalue weighted by molar-refractivity contribution is -0.180. The van der Waals surface area contributed by atoms with Crippen LogP contribution < -0.4 is 5.32 Å². The van der Waals surface area contributed by atoms with Crippen LogP contribution in [0.4, 0.5) is 5.69 Å². The number of hydrogen-bond donors (Lipinski definition) is 2. The second-order valence-electron chi connectivity index (χ2n) is 4.54. The zero-order valence-electron chi connectivity index (χ0n) is 10.7. The van der Waals surface area contributed by atoms with E-state index in [4.69, 9.17) is 16.3 Å². The molecule has 1 aliphatic rings. The lowest BCUT2D eigenvalue weighted by Gasteiger charge is -2.21. The lowest BCUT2D eigenvalue weighted by atomic mass is 10.0. The van der Waals surface area contributed by atoms with Crippen LogP contribution >= 0.6 is 11.6 Å². The number of hydrogen-bond acceptors (Lipinski definition) is 4. The Kier molecular flexibility index (Phi) is 3.16. The van der Waals surface area contributed by atoms with Gasteiger partial charge in [-0.25, -0.2) is 4.79 Å². The molecule has 1 aliphatic heterocycles. The number of esters is 1. The first-order valence-corrected chi connectivity index (χ1v) is 6.51. The minimum atomic E-state index is -2.33. The Morgan fingerprint density at radius 1 is 1.14 bits per heavy atom. The second kappa shape index (κ2) is 4.87. The van der Waals surface area contributed by atoms with Gasteiger partial charge in [-0.05, 0) is 30.3 Å². The minimum absolute atomic E-state index is 0.126. The molecule has 0 bridgehead atoms. The van der Waals surface area contributed by atoms with Gasteiger partial charge in [0.2, 0.25) is 0 Å². The van der Waals surface area contributed by atoms with E-state index in [1.165, 1.54) is 12.1 Å². The number of carbonyl (C=O) groups is 2. The number of benzene rings is 2. The van der Waals surface area contributed by atoms with E-state index in [0.717, 1.165) is 0 Å². The molecule has 21 heavy (non-hydrogen) atoms. The highest BCUT2D eigenvalue weighted by molar-refractivity contribution is 6.30. The van der Waals surface area contributed by atoms with Crippen LogP contribution in [-0.4, -0.2) is 17.0 Å². The molecule has 0 aliphatic carbocycles. The predicted molar refractivity (Wildman–Crippen MR) is 75.8 cm³/mol. The molecule has 2 aromatic carbocycles. The molecule has 0 saturated heterocycles. The fraction of sp³-hybridized carbons (Fsp3) is 0.0667. The van der Waals surface area contributed by atoms with E-state index in [-0.39, 0.29) is 11.1 Å². The van der Waals surface area contributed by atoms with Gasteiger partial charge in [-0.3, -0.25) is 4.79 Å². The van der Waals surface area contributed by atoms with Gasteiger partial charge in [0.15, 0.2) is 0 Å². The number of halogens is 1. The zero-order valence-corrected chi connectivity index (χ0v) is 11.4. The molecule has 106 valence electrons. The van der Waals surface area contributed by atoms with Gasteiger partial charge in [0, 0.05) is 16.3 Å². The zero-order chi connectivity index (χ0) is 15.0. The van der Waals surface area contributed by atoms with Crippen molar-refractivity contribution in [3.8, 4) is 0 Å². The number of cyclic esters (lactones) is 1. The Morgan fingerprint density at radius 3 is 2.52 bits per heavy atom. The van der Waals surface area contributed by atoms with Crippen molar-refractivity contribution in [2.24, 2.45) is 0 Å². The van der Waals surface area contributed by atoms with E-state index in [1.807, 2.05) is 0 Å². The Bertz CT molecular complexity index is 729. The monoisotopic (exact) mass is 303 g/mol. The predicted octanol–water partition coefficient (Wildman–Crippen LogP) is 2.29. The van der Waals surface area contributed by atoms with Gasteiger partial charge in [-0.1, -0.05) is 29.8 Å². The van der Waals surface area contributed by atoms with Crippen molar-refractivity contribution in [1.82, 2.24) is 0 Å². The highest BCUT2D eigenvalue weighted by Crippen LogP contribution is 2.35. The number of aliphatic hydroxyl groups is 1. The summed E-state index contributed by atoms with van der Waals surface area (Å²) in [6.07, 6.45) is 0. The van der Waals surface area contributed by atoms with Crippen molar-refractivity contribution in [1.29, 1.82) is 0 Å². The summed E-state index contributed by atoms with van der Waals surface area (Å²) in [4.78, 5) is 24.0. The van der Waals surface area contributed by atoms with Crippen LogP contribution in [0, 0.1) is 0 Å². The topological polar surface area (TPSA) is 75.6 Å². The molecule has 0 spiro atoms. The van der Waals surface area contributed by atoms with E-state index < -0.39 is 17.7 Å². The Labute approximate surface area is 125 Å². The summed E-state index contributed by atoms with van der Waals surface area (Å²) < 4.78 is 4.86. The average molecular weight is 304 g/mol. The molecule has 0 fully saturated rings. The Balaban J connectivity index is 1.91. The standard InChI is InChI=1S/C15H10ClNO4/c16-9-5-7-10(8-6-9)17-14(19)15(20)12-4-2-1-3-11(12)13(18)21-15/h1-8,20H,(H,17,19). The Hall–Kier alpha value is -2.37. The second-order valence-corrected chi connectivity index (χ2v) is 4.98. The number of amides is 1. The molecule has 6 heteroatoms. The molecule has 1 atom stereocenters. The van der Waals surface area contributed by atoms with Crippen molar-refractivity contribution in [3.05, 3.63) is 64.7 Å². The third kappa shape index (κ3) is 2.26. The van der Waals surface area contributed by atoms with Crippen LogP contribution in [0.15, 0.2) is 48.5 Å². The van der Waals surface area contributed by atoms with Crippen LogP contribution in [-0.2, 0) is 15.3 Å². The summed E-state index contributed by atoms with van der Waals surface area (Å²) in [5.41, 5.74) is 0.728. The maximum absolute atomic E-state index is 12.3. The van der Waals surface area contributed by atoms with Crippen LogP contribution in [0.3, 0.4) is 0 Å². The third-order valence-electron chi connectivity index (χ3n) is 3.16. The number of anilines is 1. The quantitative estimate of drug-likeness (QED) is 0.835. The van der Waals surface area contributed by atoms with E-state index >= 15 is 0 Å². The number of carbonyl (C=O) groups excluding carboxylic acids is 2. The first-order chi connectivity index (χ1) is 10.0. The van der Waals surface area contributed by atoms with Crippen molar-refractivity contribution in [2.45, 2.75) is 5.79 Å². The minimum Gasteiger partial charge on any atom is -0.415 e. The van der Waals surface area contributed by atoms with Gasteiger partial charge in [0.05, 0.1) is 5.56 Å². The number of fused-ring (bicyclic) bond motifs is 1. The maximum Gasteiger partial charge on any atom is 0.341 e. The van der Waals surface area contributed by atoms with Gasteiger partial charge >= 0.3 is 17.7 Å². The van der Waals surface area contributed by atoms with E-state index in [1.54, 1.807) is 36.4 Å². The van der Waals surface area contributed by atoms with Crippen molar-refractivity contribution < 1.29 is 19.4 Å². The fourth-order valence-electron chi connectivity index (χ4n) is 2.12. The van der Waals surface area contributed by atoms with Gasteiger partial charge < -0.3 is 15.2 Å². The highest BCUT2D eigenvalue weighted by Gasteiger charge is 2.50. The summed E-state index contributed by atoms with van der Waals surface area (Å²) >= 11 is 5.76. The van der Waals surface area contributed by atoms with Crippen molar-refractivity contribution >= 4 is 29.2 Å². The van der Waals surface area contributed by atoms with Gasteiger partial charge in [0.25, 0.3) is 0 Å². The number of ether oxygens (including phenoxy) is 1. The summed E-state index contributed by atoms with van der Waals surface area (Å²) in [6, 6.07) is 12.5. The van der Waals surface area contributed by atoms with Crippen LogP contribution in [0.1, 0.15) is 15.9 Å². The number of rotatable bonds is 2. The fourth-order valence-corrected chi connectivity index (χ4v) is 2.24. The summed E-state index contributed by atoms with van der Waals surface area (Å²) in [7, 11) is 0. The third-order valence-corrected chi connectivity index (χ3v) is 3.41. The molecule has 1 heterocycles. The normalized spacial score (nSPS) is 19.8. The lowest BCUT2D eigenvalue weighted by Crippen LogP contribution is -2.40. The van der Waals surface area contributed by atoms with Gasteiger partial charge in [0.1, 0.15) is 0 Å². The summed E-state index contributed by atoms with van der Waals surface area (Å²) in [5, 5.41) is 13.4. The number of nitrogens with one attached hydrogen (secondary N) is 1. The largest absolute Gasteiger partial charge is 0.415 e. The van der Waals surface area contributed by atoms with Crippen LogP contribution in [0.2, 0.25) is 5.02 Å². The molecule has 0 saturated carbocycles. The molecule has 1 amide bonds. The molecular weight excluding hydrogens is 294 g/mol. The molecule has 0 aromatic heterocycles. The van der Waals surface area contributed by atoms with Crippen molar-refractivity contribution in [2.75, 3.05) is 5.32 Å². The molecule has 2 aromatic rings. The van der Waals surface area contributed by atoms with Crippen LogP contribution in [0.5, 0.6) is 0 Å². The molecule has 5 nitrogen and oxygen atoms in total. The van der Waals surface area contributed by atoms with E-state index in [0.29, 0.717) is 10.7 Å². The molecular formula is C15H10ClNO4. The maximum atomic E-state index is 12.3. The first-order valence-electron chi connectivity index (χ1n) is 6.13. The molecule has 1 unspecified atom stereocenters. The van der Waals surface area contributed by atoms with Gasteiger partial charge in [-0.15, -0.1) is 0 Å². The molecule has 3 rings (SSSR count). The first kappa shape index (κ1) is 13.6. The molecule has 0 radical (unpaired) electrons. The summed E-state index contributed by atoms with van der Waals surface area (Å²) in [5.74, 6) is -3.91. The highest BCUT2D eigenvalue weighted by atomic mass is 35.5. The average Bonchev–Trinajstić information content (AvgIpc) is 2.75. The van der Waals surface area contributed by atoms with Crippen LogP contribution in [0.25, 0.3) is 0 Å². The Morgan fingerprint density at radius 2 is 1.81 bits per heavy atom. The summed E-state index contributed by atoms with van der Waals surface area (Å²) in [6.45, 7) is 0. The van der Waals surface area contributed by atoms with Gasteiger partial charge in [-0.2, -0.15) is 0 Å². The SMILES string of the molecule is O=C1OC(O)(C(=O)Nc2ccc(Cl)cc2)c2ccccc21. The van der Waals surface area contributed by atoms with E-state index in [9.17, 15) is 14.7 Å². The van der Waals surface area contributed by atoms with Crippen molar-refractivity contribution in [3.63, 3.8) is 0 Å². The smallest absolute Gasteiger partial charge is 0.341 e.